The van der Waals surface area contributed by atoms with E-state index in [2.05, 4.69) is 9.97 Å². The predicted octanol–water partition coefficient (Wildman–Crippen LogP) is 2.12. The first kappa shape index (κ1) is 10.3. The zero-order valence-corrected chi connectivity index (χ0v) is 9.24. The highest BCUT2D eigenvalue weighted by Gasteiger charge is 2.09. The Labute approximate surface area is 92.5 Å². The molecule has 0 radical (unpaired) electrons. The summed E-state index contributed by atoms with van der Waals surface area (Å²) in [6.07, 6.45) is 3.67. The Kier molecular flexibility index (Phi) is 3.08. The van der Waals surface area contributed by atoms with Crippen LogP contribution in [0.5, 0.6) is 0 Å². The second-order valence-electron chi connectivity index (χ2n) is 3.42. The molecule has 0 spiro atoms. The summed E-state index contributed by atoms with van der Waals surface area (Å²) in [7, 11) is 0. The van der Waals surface area contributed by atoms with E-state index in [9.17, 15) is 5.11 Å². The minimum absolute atomic E-state index is 0.466. The lowest BCUT2D eigenvalue weighted by molar-refractivity contribution is 0.179. The zero-order chi connectivity index (χ0) is 10.7. The third-order valence-electron chi connectivity index (χ3n) is 2.18. The molecule has 0 aromatic carbocycles. The summed E-state index contributed by atoms with van der Waals surface area (Å²) >= 11 is 1.56. The Bertz CT molecular complexity index is 428. The third-order valence-corrected chi connectivity index (χ3v) is 2.99. The van der Waals surface area contributed by atoms with Crippen molar-refractivity contribution >= 4 is 11.3 Å². The van der Waals surface area contributed by atoms with Gasteiger partial charge in [-0.15, -0.1) is 11.3 Å². The number of nitrogens with zero attached hydrogens (tertiary/aromatic N) is 2. The molecule has 0 bridgehead atoms. The van der Waals surface area contributed by atoms with Crippen LogP contribution in [0.2, 0.25) is 0 Å². The van der Waals surface area contributed by atoms with E-state index in [-0.39, 0.29) is 0 Å². The lowest BCUT2D eigenvalue weighted by Crippen LogP contribution is -2.01. The molecule has 0 amide bonds. The number of pyridine rings is 1. The normalized spacial score (nSPS) is 12.7. The summed E-state index contributed by atoms with van der Waals surface area (Å²) in [4.78, 5) is 9.17. The molecule has 0 aliphatic carbocycles. The first-order valence-corrected chi connectivity index (χ1v) is 5.61. The Morgan fingerprint density at radius 1 is 1.53 bits per heavy atom. The van der Waals surface area contributed by atoms with Gasteiger partial charge in [0.05, 0.1) is 11.6 Å². The molecule has 1 N–H and O–H groups in total. The second kappa shape index (κ2) is 4.51. The van der Waals surface area contributed by atoms with Crippen LogP contribution in [0.1, 0.15) is 22.2 Å². The van der Waals surface area contributed by atoms with E-state index in [1.807, 2.05) is 19.1 Å². The van der Waals surface area contributed by atoms with E-state index in [1.165, 1.54) is 0 Å². The van der Waals surface area contributed by atoms with Crippen molar-refractivity contribution in [3.05, 3.63) is 46.2 Å². The van der Waals surface area contributed by atoms with Crippen LogP contribution in [0.15, 0.2) is 30.0 Å². The number of hydrogen-bond acceptors (Lipinski definition) is 4. The van der Waals surface area contributed by atoms with E-state index in [0.29, 0.717) is 6.42 Å². The molecule has 0 saturated carbocycles. The molecule has 0 aliphatic rings. The van der Waals surface area contributed by atoms with Gasteiger partial charge in [-0.25, -0.2) is 0 Å². The first-order chi connectivity index (χ1) is 7.25. The fourth-order valence-electron chi connectivity index (χ4n) is 1.43. The molecule has 2 aromatic heterocycles. The van der Waals surface area contributed by atoms with E-state index in [0.717, 1.165) is 16.1 Å². The standard InChI is InChI=1S/C11H12N2OS/c1-8-4-9(2-3-13-8)11(14)5-10-6-12-7-15-10/h2-4,6-7,11,14H,5H2,1H3. The molecule has 3 nitrogen and oxygen atoms in total. The van der Waals surface area contributed by atoms with Crippen LogP contribution in [0, 0.1) is 6.92 Å². The molecule has 0 fully saturated rings. The molecule has 4 heteroatoms. The Hall–Kier alpha value is -1.26. The largest absolute Gasteiger partial charge is 0.388 e. The maximum atomic E-state index is 9.97. The number of rotatable bonds is 3. The van der Waals surface area contributed by atoms with Crippen molar-refractivity contribution in [2.75, 3.05) is 0 Å². The summed E-state index contributed by atoms with van der Waals surface area (Å²) in [5, 5.41) is 9.97. The third kappa shape index (κ3) is 2.61. The number of aliphatic hydroxyl groups excluding tert-OH is 1. The summed E-state index contributed by atoms with van der Waals surface area (Å²) in [6.45, 7) is 1.92. The van der Waals surface area contributed by atoms with Crippen molar-refractivity contribution in [2.45, 2.75) is 19.4 Å². The summed E-state index contributed by atoms with van der Waals surface area (Å²) in [6, 6.07) is 3.75. The lowest BCUT2D eigenvalue weighted by atomic mass is 10.1. The van der Waals surface area contributed by atoms with Gasteiger partial charge in [0.2, 0.25) is 0 Å². The SMILES string of the molecule is Cc1cc(C(O)Cc2cncs2)ccn1. The smallest absolute Gasteiger partial charge is 0.0840 e. The molecule has 2 rings (SSSR count). The van der Waals surface area contributed by atoms with Gasteiger partial charge in [-0.3, -0.25) is 9.97 Å². The van der Waals surface area contributed by atoms with E-state index in [1.54, 1.807) is 29.2 Å². The second-order valence-corrected chi connectivity index (χ2v) is 4.39. The molecule has 0 saturated heterocycles. The molecular formula is C11H12N2OS. The van der Waals surface area contributed by atoms with Gasteiger partial charge in [-0.1, -0.05) is 0 Å². The maximum absolute atomic E-state index is 9.97. The highest BCUT2D eigenvalue weighted by molar-refractivity contribution is 7.09. The van der Waals surface area contributed by atoms with Crippen molar-refractivity contribution in [2.24, 2.45) is 0 Å². The molecule has 15 heavy (non-hydrogen) atoms. The fourth-order valence-corrected chi connectivity index (χ4v) is 2.06. The van der Waals surface area contributed by atoms with Crippen molar-refractivity contribution in [1.29, 1.82) is 0 Å². The highest BCUT2D eigenvalue weighted by atomic mass is 32.1. The predicted molar refractivity (Wildman–Crippen MR) is 59.8 cm³/mol. The minimum Gasteiger partial charge on any atom is -0.388 e. The Morgan fingerprint density at radius 3 is 3.07 bits per heavy atom. The van der Waals surface area contributed by atoms with Gasteiger partial charge in [0.1, 0.15) is 0 Å². The molecule has 1 unspecified atom stereocenters. The van der Waals surface area contributed by atoms with Crippen molar-refractivity contribution in [3.8, 4) is 0 Å². The van der Waals surface area contributed by atoms with Crippen LogP contribution in [-0.2, 0) is 6.42 Å². The lowest BCUT2D eigenvalue weighted by Gasteiger charge is -2.09. The van der Waals surface area contributed by atoms with Crippen LogP contribution in [0.4, 0.5) is 0 Å². The Morgan fingerprint density at radius 2 is 2.40 bits per heavy atom. The van der Waals surface area contributed by atoms with Gasteiger partial charge < -0.3 is 5.11 Å². The van der Waals surface area contributed by atoms with Crippen molar-refractivity contribution in [1.82, 2.24) is 9.97 Å². The highest BCUT2D eigenvalue weighted by Crippen LogP contribution is 2.20. The molecule has 78 valence electrons. The Balaban J connectivity index is 2.11. The summed E-state index contributed by atoms with van der Waals surface area (Å²) in [5.41, 5.74) is 3.62. The minimum atomic E-state index is -0.466. The number of thiazole rings is 1. The zero-order valence-electron chi connectivity index (χ0n) is 8.42. The van der Waals surface area contributed by atoms with E-state index in [4.69, 9.17) is 0 Å². The fraction of sp³-hybridized carbons (Fsp3) is 0.273. The molecule has 0 aliphatic heterocycles. The van der Waals surface area contributed by atoms with Crippen LogP contribution in [-0.4, -0.2) is 15.1 Å². The van der Waals surface area contributed by atoms with Gasteiger partial charge >= 0.3 is 0 Å². The van der Waals surface area contributed by atoms with E-state index >= 15 is 0 Å². The van der Waals surface area contributed by atoms with Crippen molar-refractivity contribution < 1.29 is 5.11 Å². The first-order valence-electron chi connectivity index (χ1n) is 4.73. The van der Waals surface area contributed by atoms with Crippen LogP contribution in [0.25, 0.3) is 0 Å². The van der Waals surface area contributed by atoms with Crippen LogP contribution < -0.4 is 0 Å². The topological polar surface area (TPSA) is 46.0 Å². The average molecular weight is 220 g/mol. The van der Waals surface area contributed by atoms with E-state index < -0.39 is 6.10 Å². The number of aromatic nitrogens is 2. The average Bonchev–Trinajstić information content (AvgIpc) is 2.70. The quantitative estimate of drug-likeness (QED) is 0.861. The maximum Gasteiger partial charge on any atom is 0.0840 e. The molecule has 2 aromatic rings. The summed E-state index contributed by atoms with van der Waals surface area (Å²) < 4.78 is 0. The van der Waals surface area contributed by atoms with Crippen LogP contribution >= 0.6 is 11.3 Å². The van der Waals surface area contributed by atoms with Gasteiger partial charge in [-0.05, 0) is 24.6 Å². The number of aliphatic hydroxyl groups is 1. The monoisotopic (exact) mass is 220 g/mol. The number of hydrogen-bond donors (Lipinski definition) is 1. The molecular weight excluding hydrogens is 208 g/mol. The molecule has 1 atom stereocenters. The van der Waals surface area contributed by atoms with Gasteiger partial charge in [0.25, 0.3) is 0 Å². The summed E-state index contributed by atoms with van der Waals surface area (Å²) in [5.74, 6) is 0. The van der Waals surface area contributed by atoms with Gasteiger partial charge in [0, 0.05) is 29.4 Å². The molecule has 2 heterocycles. The van der Waals surface area contributed by atoms with Gasteiger partial charge in [0.15, 0.2) is 0 Å². The van der Waals surface area contributed by atoms with Gasteiger partial charge in [-0.2, -0.15) is 0 Å². The van der Waals surface area contributed by atoms with Crippen LogP contribution in [0.3, 0.4) is 0 Å². The van der Waals surface area contributed by atoms with Crippen molar-refractivity contribution in [3.63, 3.8) is 0 Å². The number of aryl methyl sites for hydroxylation is 1.